The summed E-state index contributed by atoms with van der Waals surface area (Å²) in [5, 5.41) is 48.0. The van der Waals surface area contributed by atoms with Gasteiger partial charge in [-0.3, -0.25) is 43.2 Å². The molecule has 8 atom stereocenters. The fraction of sp³-hybridized carbons (Fsp3) is 0.636. The van der Waals surface area contributed by atoms with Gasteiger partial charge >= 0.3 is 11.9 Å². The summed E-state index contributed by atoms with van der Waals surface area (Å²) in [6.45, 7) is 12.1. The monoisotopic (exact) mass is 934 g/mol. The highest BCUT2D eigenvalue weighted by atomic mass is 16.4. The highest BCUT2D eigenvalue weighted by molar-refractivity contribution is 5.98. The first-order chi connectivity index (χ1) is 30.9. The van der Waals surface area contributed by atoms with E-state index in [4.69, 9.17) is 10.8 Å². The van der Waals surface area contributed by atoms with Crippen molar-refractivity contribution in [1.82, 2.24) is 42.5 Å². The standard InChI is InChI=1S/C44H71N9O13/c1-9-26(8)37(43(64)52-31(18-27-13-11-10-12-14-27)39(60)47-21-35(56)49-33(44(65)66)17-25(6)7)53-42(63)30(16-24(4)5)50-41(62)32(19-36(57)58)51-40(61)29(15-23(2)3)48-34(55)20-46-38(59)28(45)22-54/h10-14,23-26,28-33,37,54H,9,15-22,45H2,1-8H3,(H,46,59)(H,47,60)(H,48,55)(H,49,56)(H,50,62)(H,51,61)(H,52,64)(H,53,63)(H,57,58)(H,65,66)/t26-,28-,29-,30-,31-,32-,33-,37-/m0/s1. The molecule has 8 amide bonds. The van der Waals surface area contributed by atoms with Crippen LogP contribution in [0.1, 0.15) is 93.1 Å². The molecule has 0 saturated heterocycles. The Morgan fingerprint density at radius 2 is 0.985 bits per heavy atom. The summed E-state index contributed by atoms with van der Waals surface area (Å²) in [4.78, 5) is 130. The van der Waals surface area contributed by atoms with E-state index in [1.165, 1.54) is 0 Å². The number of benzene rings is 1. The Labute approximate surface area is 385 Å². The largest absolute Gasteiger partial charge is 0.481 e. The third-order valence-corrected chi connectivity index (χ3v) is 10.1. The Balaban J connectivity index is 3.35. The Bertz CT molecular complexity index is 1810. The van der Waals surface area contributed by atoms with E-state index in [2.05, 4.69) is 42.5 Å². The maximum atomic E-state index is 14.1. The molecule has 13 N–H and O–H groups in total. The van der Waals surface area contributed by atoms with Crippen LogP contribution in [0.3, 0.4) is 0 Å². The second-order valence-corrected chi connectivity index (χ2v) is 17.5. The number of carboxylic acid groups (broad SMARTS) is 2. The van der Waals surface area contributed by atoms with Crippen molar-refractivity contribution in [3.05, 3.63) is 35.9 Å². The van der Waals surface area contributed by atoms with Crippen LogP contribution in [0.15, 0.2) is 30.3 Å². The van der Waals surface area contributed by atoms with Gasteiger partial charge in [0, 0.05) is 6.42 Å². The van der Waals surface area contributed by atoms with Gasteiger partial charge in [0.05, 0.1) is 26.1 Å². The van der Waals surface area contributed by atoms with Gasteiger partial charge in [0.15, 0.2) is 0 Å². The van der Waals surface area contributed by atoms with Crippen LogP contribution in [0.2, 0.25) is 0 Å². The number of aliphatic hydroxyl groups excluding tert-OH is 1. The Morgan fingerprint density at radius 1 is 0.545 bits per heavy atom. The molecule has 66 heavy (non-hydrogen) atoms. The van der Waals surface area contributed by atoms with Crippen LogP contribution in [-0.2, 0) is 54.4 Å². The van der Waals surface area contributed by atoms with Crippen molar-refractivity contribution in [2.24, 2.45) is 29.4 Å². The van der Waals surface area contributed by atoms with Gasteiger partial charge in [-0.05, 0) is 48.5 Å². The minimum absolute atomic E-state index is 0.00114. The average molecular weight is 934 g/mol. The van der Waals surface area contributed by atoms with E-state index < -0.39 is 134 Å². The summed E-state index contributed by atoms with van der Waals surface area (Å²) in [5.74, 6) is -10.5. The zero-order chi connectivity index (χ0) is 50.3. The fourth-order valence-electron chi connectivity index (χ4n) is 6.47. The molecule has 1 rings (SSSR count). The molecule has 1 aromatic rings. The van der Waals surface area contributed by atoms with Crippen molar-refractivity contribution in [2.75, 3.05) is 19.7 Å². The second kappa shape index (κ2) is 29.4. The summed E-state index contributed by atoms with van der Waals surface area (Å²) in [6.07, 6.45) is -0.408. The van der Waals surface area contributed by atoms with Gasteiger partial charge in [0.2, 0.25) is 47.3 Å². The molecule has 0 saturated carbocycles. The van der Waals surface area contributed by atoms with Gasteiger partial charge in [-0.1, -0.05) is 92.1 Å². The normalized spacial score (nSPS) is 14.8. The maximum Gasteiger partial charge on any atom is 0.326 e. The van der Waals surface area contributed by atoms with Crippen LogP contribution in [0.25, 0.3) is 0 Å². The first-order valence-electron chi connectivity index (χ1n) is 22.1. The van der Waals surface area contributed by atoms with Crippen molar-refractivity contribution in [3.63, 3.8) is 0 Å². The lowest BCUT2D eigenvalue weighted by Crippen LogP contribution is -2.61. The molecule has 0 heterocycles. The van der Waals surface area contributed by atoms with E-state index in [1.54, 1.807) is 85.7 Å². The Hall–Kier alpha value is -6.16. The quantitative estimate of drug-likeness (QED) is 0.0415. The topological polar surface area (TPSA) is 354 Å². The molecule has 0 fully saturated rings. The Morgan fingerprint density at radius 3 is 1.47 bits per heavy atom. The molecule has 1 aromatic carbocycles. The molecule has 0 aliphatic rings. The van der Waals surface area contributed by atoms with E-state index >= 15 is 0 Å². The molecular weight excluding hydrogens is 863 g/mol. The van der Waals surface area contributed by atoms with Crippen LogP contribution in [-0.4, -0.2) is 137 Å². The van der Waals surface area contributed by atoms with E-state index in [1.807, 2.05) is 0 Å². The molecule has 22 nitrogen and oxygen atoms in total. The molecule has 0 spiro atoms. The number of hydrogen-bond donors (Lipinski definition) is 12. The number of aliphatic carboxylic acids is 2. The molecule has 22 heteroatoms. The lowest BCUT2D eigenvalue weighted by Gasteiger charge is -2.29. The number of aliphatic hydroxyl groups is 1. The molecule has 0 aliphatic carbocycles. The van der Waals surface area contributed by atoms with Crippen LogP contribution in [0.5, 0.6) is 0 Å². The zero-order valence-corrected chi connectivity index (χ0v) is 39.1. The number of nitrogens with two attached hydrogens (primary N) is 1. The predicted octanol–water partition coefficient (Wildman–Crippen LogP) is -1.57. The average Bonchev–Trinajstić information content (AvgIpc) is 3.24. The highest BCUT2D eigenvalue weighted by Gasteiger charge is 2.35. The van der Waals surface area contributed by atoms with E-state index in [0.717, 1.165) is 0 Å². The molecule has 0 unspecified atom stereocenters. The predicted molar refractivity (Wildman–Crippen MR) is 241 cm³/mol. The van der Waals surface area contributed by atoms with Gasteiger partial charge < -0.3 is 63.6 Å². The van der Waals surface area contributed by atoms with Gasteiger partial charge in [-0.15, -0.1) is 0 Å². The van der Waals surface area contributed by atoms with E-state index in [9.17, 15) is 58.2 Å². The minimum Gasteiger partial charge on any atom is -0.481 e. The summed E-state index contributed by atoms with van der Waals surface area (Å²) in [6, 6.07) is -0.795. The summed E-state index contributed by atoms with van der Waals surface area (Å²) in [5.41, 5.74) is 6.09. The van der Waals surface area contributed by atoms with Crippen molar-refractivity contribution in [3.8, 4) is 0 Å². The molecule has 0 bridgehead atoms. The number of rotatable bonds is 30. The van der Waals surface area contributed by atoms with E-state index in [-0.39, 0.29) is 43.4 Å². The summed E-state index contributed by atoms with van der Waals surface area (Å²) < 4.78 is 0. The van der Waals surface area contributed by atoms with Gasteiger partial charge in [-0.2, -0.15) is 0 Å². The Kier molecular flexibility index (Phi) is 25.8. The van der Waals surface area contributed by atoms with Crippen molar-refractivity contribution >= 4 is 59.2 Å². The third kappa shape index (κ3) is 22.2. The second-order valence-electron chi connectivity index (χ2n) is 17.5. The fourth-order valence-corrected chi connectivity index (χ4v) is 6.47. The lowest BCUT2D eigenvalue weighted by molar-refractivity contribution is -0.142. The zero-order valence-electron chi connectivity index (χ0n) is 39.1. The van der Waals surface area contributed by atoms with Crippen LogP contribution in [0.4, 0.5) is 0 Å². The van der Waals surface area contributed by atoms with Crippen molar-refractivity contribution < 1.29 is 63.3 Å². The maximum absolute atomic E-state index is 14.1. The molecular formula is C44H71N9O13. The molecule has 0 aliphatic heterocycles. The smallest absolute Gasteiger partial charge is 0.326 e. The van der Waals surface area contributed by atoms with Crippen molar-refractivity contribution in [2.45, 2.75) is 136 Å². The van der Waals surface area contributed by atoms with Crippen LogP contribution >= 0.6 is 0 Å². The SMILES string of the molecule is CC[C@H](C)[C@H](NC(=O)[C@H](CC(C)C)NC(=O)[C@H](CC(=O)O)NC(=O)[C@H](CC(C)C)NC(=O)CNC(=O)[C@@H](N)CO)C(=O)N[C@@H](Cc1ccccc1)C(=O)NCC(=O)N[C@@H](CC(C)C)C(=O)O. The molecule has 0 radical (unpaired) electrons. The third-order valence-electron chi connectivity index (χ3n) is 10.1. The number of nitrogens with one attached hydrogen (secondary N) is 8. The first-order valence-corrected chi connectivity index (χ1v) is 22.1. The van der Waals surface area contributed by atoms with Crippen molar-refractivity contribution in [1.29, 1.82) is 0 Å². The molecule has 0 aromatic heterocycles. The number of carboxylic acids is 2. The number of hydrogen-bond acceptors (Lipinski definition) is 12. The molecule has 370 valence electrons. The first kappa shape index (κ1) is 57.9. The lowest BCUT2D eigenvalue weighted by atomic mass is 9.95. The minimum atomic E-state index is -1.75. The van der Waals surface area contributed by atoms with Crippen LogP contribution in [0, 0.1) is 23.7 Å². The van der Waals surface area contributed by atoms with Gasteiger partial charge in [0.25, 0.3) is 0 Å². The van der Waals surface area contributed by atoms with Crippen LogP contribution < -0.4 is 48.3 Å². The van der Waals surface area contributed by atoms with Gasteiger partial charge in [0.1, 0.15) is 42.3 Å². The number of amides is 8. The van der Waals surface area contributed by atoms with Gasteiger partial charge in [-0.25, -0.2) is 4.79 Å². The number of carbonyl (C=O) groups is 10. The highest BCUT2D eigenvalue weighted by Crippen LogP contribution is 2.14. The summed E-state index contributed by atoms with van der Waals surface area (Å²) in [7, 11) is 0. The number of carbonyl (C=O) groups excluding carboxylic acids is 8. The van der Waals surface area contributed by atoms with E-state index in [0.29, 0.717) is 12.0 Å². The summed E-state index contributed by atoms with van der Waals surface area (Å²) >= 11 is 0.